The molecule has 0 bridgehead atoms. The van der Waals surface area contributed by atoms with E-state index in [1.165, 1.54) is 12.8 Å². The summed E-state index contributed by atoms with van der Waals surface area (Å²) in [6, 6.07) is 6.07. The fourth-order valence-electron chi connectivity index (χ4n) is 2.30. The van der Waals surface area contributed by atoms with Gasteiger partial charge in [0.15, 0.2) is 0 Å². The van der Waals surface area contributed by atoms with Crippen LogP contribution in [0.5, 0.6) is 0 Å². The highest BCUT2D eigenvalue weighted by Crippen LogP contribution is 2.21. The number of likely N-dealkylation sites (tertiary alicyclic amines) is 1. The molecule has 3 heteroatoms. The monoisotopic (exact) mass is 215 g/mol. The molecule has 0 radical (unpaired) electrons. The van der Waals surface area contributed by atoms with Crippen LogP contribution in [0.2, 0.25) is 0 Å². The van der Waals surface area contributed by atoms with Gasteiger partial charge in [-0.05, 0) is 24.9 Å². The second-order valence-electron chi connectivity index (χ2n) is 4.42. The van der Waals surface area contributed by atoms with Crippen molar-refractivity contribution in [3.8, 4) is 6.07 Å². The normalized spacial score (nSPS) is 20.9. The summed E-state index contributed by atoms with van der Waals surface area (Å²) in [5.74, 6) is 0.835. The van der Waals surface area contributed by atoms with Gasteiger partial charge in [0.2, 0.25) is 0 Å². The highest BCUT2D eigenvalue weighted by atomic mass is 15.1. The topological polar surface area (TPSA) is 39.9 Å². The van der Waals surface area contributed by atoms with Crippen LogP contribution in [0.1, 0.15) is 31.0 Å². The SMILES string of the molecule is CCC1CCN(Cc2cccnc2C#N)C1. The number of aromatic nitrogens is 1. The highest BCUT2D eigenvalue weighted by molar-refractivity contribution is 5.30. The van der Waals surface area contributed by atoms with Crippen LogP contribution in [0, 0.1) is 17.2 Å². The molecule has 1 aromatic heterocycles. The van der Waals surface area contributed by atoms with E-state index in [1.54, 1.807) is 6.20 Å². The van der Waals surface area contributed by atoms with Gasteiger partial charge in [-0.1, -0.05) is 19.4 Å². The molecule has 2 heterocycles. The van der Waals surface area contributed by atoms with E-state index in [1.807, 2.05) is 12.1 Å². The lowest BCUT2D eigenvalue weighted by molar-refractivity contribution is 0.314. The lowest BCUT2D eigenvalue weighted by atomic mass is 10.1. The molecule has 2 rings (SSSR count). The minimum Gasteiger partial charge on any atom is -0.299 e. The maximum absolute atomic E-state index is 8.96. The lowest BCUT2D eigenvalue weighted by Crippen LogP contribution is -2.20. The number of rotatable bonds is 3. The quantitative estimate of drug-likeness (QED) is 0.776. The summed E-state index contributed by atoms with van der Waals surface area (Å²) in [6.07, 6.45) is 4.23. The molecule has 0 N–H and O–H groups in total. The van der Waals surface area contributed by atoms with Crippen LogP contribution in [0.3, 0.4) is 0 Å². The minimum absolute atomic E-state index is 0.572. The third kappa shape index (κ3) is 2.40. The van der Waals surface area contributed by atoms with Gasteiger partial charge in [-0.15, -0.1) is 0 Å². The van der Waals surface area contributed by atoms with E-state index in [0.717, 1.165) is 31.1 Å². The van der Waals surface area contributed by atoms with Crippen LogP contribution in [-0.4, -0.2) is 23.0 Å². The number of pyridine rings is 1. The van der Waals surface area contributed by atoms with Crippen molar-refractivity contribution in [1.82, 2.24) is 9.88 Å². The van der Waals surface area contributed by atoms with Gasteiger partial charge in [0.25, 0.3) is 0 Å². The molecule has 0 saturated carbocycles. The smallest absolute Gasteiger partial charge is 0.144 e. The Bertz CT molecular complexity index is 394. The Balaban J connectivity index is 2.02. The van der Waals surface area contributed by atoms with E-state index in [2.05, 4.69) is 22.9 Å². The number of nitrogens with zero attached hydrogens (tertiary/aromatic N) is 3. The Kier molecular flexibility index (Phi) is 3.53. The van der Waals surface area contributed by atoms with Crippen molar-refractivity contribution in [1.29, 1.82) is 5.26 Å². The van der Waals surface area contributed by atoms with Crippen LogP contribution >= 0.6 is 0 Å². The first kappa shape index (κ1) is 11.1. The van der Waals surface area contributed by atoms with Gasteiger partial charge in [0.1, 0.15) is 11.8 Å². The van der Waals surface area contributed by atoms with Crippen molar-refractivity contribution in [2.75, 3.05) is 13.1 Å². The average Bonchev–Trinajstić information content (AvgIpc) is 2.77. The van der Waals surface area contributed by atoms with Crippen molar-refractivity contribution < 1.29 is 0 Å². The fraction of sp³-hybridized carbons (Fsp3) is 0.538. The van der Waals surface area contributed by atoms with Gasteiger partial charge in [-0.2, -0.15) is 5.26 Å². The third-order valence-electron chi connectivity index (χ3n) is 3.34. The molecule has 3 nitrogen and oxygen atoms in total. The standard InChI is InChI=1S/C13H17N3/c1-2-11-5-7-16(9-11)10-12-4-3-6-15-13(12)8-14/h3-4,6,11H,2,5,7,9-10H2,1H3. The molecule has 0 spiro atoms. The Morgan fingerprint density at radius 3 is 3.19 bits per heavy atom. The molecule has 1 aliphatic rings. The van der Waals surface area contributed by atoms with E-state index in [4.69, 9.17) is 5.26 Å². The van der Waals surface area contributed by atoms with E-state index < -0.39 is 0 Å². The summed E-state index contributed by atoms with van der Waals surface area (Å²) in [5, 5.41) is 8.96. The summed E-state index contributed by atoms with van der Waals surface area (Å²) in [7, 11) is 0. The zero-order valence-electron chi connectivity index (χ0n) is 9.69. The van der Waals surface area contributed by atoms with Gasteiger partial charge in [0.05, 0.1) is 0 Å². The molecule has 1 aliphatic heterocycles. The van der Waals surface area contributed by atoms with Crippen LogP contribution < -0.4 is 0 Å². The average molecular weight is 215 g/mol. The van der Waals surface area contributed by atoms with Crippen molar-refractivity contribution in [2.45, 2.75) is 26.3 Å². The molecule has 1 fully saturated rings. The first-order valence-electron chi connectivity index (χ1n) is 5.89. The second kappa shape index (κ2) is 5.09. The molecule has 0 aliphatic carbocycles. The van der Waals surface area contributed by atoms with E-state index in [0.29, 0.717) is 5.69 Å². The lowest BCUT2D eigenvalue weighted by Gasteiger charge is -2.15. The zero-order chi connectivity index (χ0) is 11.4. The Morgan fingerprint density at radius 1 is 1.62 bits per heavy atom. The van der Waals surface area contributed by atoms with Crippen molar-refractivity contribution >= 4 is 0 Å². The maximum Gasteiger partial charge on any atom is 0.144 e. The summed E-state index contributed by atoms with van der Waals surface area (Å²) in [4.78, 5) is 6.51. The third-order valence-corrected chi connectivity index (χ3v) is 3.34. The predicted molar refractivity (Wildman–Crippen MR) is 62.6 cm³/mol. The number of hydrogen-bond donors (Lipinski definition) is 0. The summed E-state index contributed by atoms with van der Waals surface area (Å²) < 4.78 is 0. The maximum atomic E-state index is 8.96. The number of hydrogen-bond acceptors (Lipinski definition) is 3. The van der Waals surface area contributed by atoms with Crippen molar-refractivity contribution in [3.63, 3.8) is 0 Å². The zero-order valence-corrected chi connectivity index (χ0v) is 9.69. The molecule has 84 valence electrons. The molecular formula is C13H17N3. The van der Waals surface area contributed by atoms with Gasteiger partial charge in [-0.25, -0.2) is 4.98 Å². The van der Waals surface area contributed by atoms with Gasteiger partial charge >= 0.3 is 0 Å². The van der Waals surface area contributed by atoms with E-state index in [-0.39, 0.29) is 0 Å². The number of nitriles is 1. The molecule has 1 unspecified atom stereocenters. The summed E-state index contributed by atoms with van der Waals surface area (Å²) in [6.45, 7) is 5.43. The molecular weight excluding hydrogens is 198 g/mol. The van der Waals surface area contributed by atoms with Crippen LogP contribution in [0.4, 0.5) is 0 Å². The first-order valence-corrected chi connectivity index (χ1v) is 5.89. The fourth-order valence-corrected chi connectivity index (χ4v) is 2.30. The van der Waals surface area contributed by atoms with Gasteiger partial charge < -0.3 is 0 Å². The molecule has 1 atom stereocenters. The summed E-state index contributed by atoms with van der Waals surface area (Å²) >= 11 is 0. The second-order valence-corrected chi connectivity index (χ2v) is 4.42. The molecule has 1 aromatic rings. The first-order chi connectivity index (χ1) is 7.83. The highest BCUT2D eigenvalue weighted by Gasteiger charge is 2.21. The minimum atomic E-state index is 0.572. The van der Waals surface area contributed by atoms with Crippen molar-refractivity contribution in [3.05, 3.63) is 29.6 Å². The molecule has 0 aromatic carbocycles. The van der Waals surface area contributed by atoms with Gasteiger partial charge in [-0.3, -0.25) is 4.90 Å². The van der Waals surface area contributed by atoms with Gasteiger partial charge in [0, 0.05) is 24.8 Å². The van der Waals surface area contributed by atoms with Crippen molar-refractivity contribution in [2.24, 2.45) is 5.92 Å². The Labute approximate surface area is 96.7 Å². The molecule has 16 heavy (non-hydrogen) atoms. The largest absolute Gasteiger partial charge is 0.299 e. The predicted octanol–water partition coefficient (Wildman–Crippen LogP) is 2.19. The Hall–Kier alpha value is -1.40. The van der Waals surface area contributed by atoms with E-state index >= 15 is 0 Å². The van der Waals surface area contributed by atoms with Crippen LogP contribution in [0.25, 0.3) is 0 Å². The van der Waals surface area contributed by atoms with Crippen LogP contribution in [0.15, 0.2) is 18.3 Å². The molecule has 0 amide bonds. The Morgan fingerprint density at radius 2 is 2.50 bits per heavy atom. The van der Waals surface area contributed by atoms with Crippen LogP contribution in [-0.2, 0) is 6.54 Å². The summed E-state index contributed by atoms with van der Waals surface area (Å²) in [5.41, 5.74) is 1.63. The van der Waals surface area contributed by atoms with E-state index in [9.17, 15) is 0 Å². The molecule has 1 saturated heterocycles.